The van der Waals surface area contributed by atoms with Crippen molar-refractivity contribution < 1.29 is 9.21 Å². The number of carbonyl (C=O) groups is 1. The van der Waals surface area contributed by atoms with Gasteiger partial charge in [-0.15, -0.1) is 0 Å². The van der Waals surface area contributed by atoms with Gasteiger partial charge in [0.2, 0.25) is 5.91 Å². The lowest BCUT2D eigenvalue weighted by Gasteiger charge is -2.10. The van der Waals surface area contributed by atoms with Crippen LogP contribution in [0.1, 0.15) is 11.3 Å². The molecule has 2 aromatic rings. The van der Waals surface area contributed by atoms with Gasteiger partial charge in [-0.05, 0) is 29.8 Å². The fourth-order valence-electron chi connectivity index (χ4n) is 2.22. The Hall–Kier alpha value is -2.43. The van der Waals surface area contributed by atoms with E-state index in [2.05, 4.69) is 10.6 Å². The lowest BCUT2D eigenvalue weighted by molar-refractivity contribution is -0.115. The maximum absolute atomic E-state index is 11.3. The summed E-state index contributed by atoms with van der Waals surface area (Å²) in [4.78, 5) is 11.3. The molecule has 2 heterocycles. The lowest BCUT2D eigenvalue weighted by atomic mass is 10.1. The molecule has 1 aliphatic rings. The van der Waals surface area contributed by atoms with Gasteiger partial charge in [0, 0.05) is 18.7 Å². The van der Waals surface area contributed by atoms with E-state index >= 15 is 0 Å². The molecule has 0 fully saturated rings. The van der Waals surface area contributed by atoms with Crippen LogP contribution in [0.25, 0.3) is 0 Å². The van der Waals surface area contributed by atoms with Crippen molar-refractivity contribution in [3.8, 4) is 0 Å². The van der Waals surface area contributed by atoms with Gasteiger partial charge in [-0.3, -0.25) is 4.79 Å². The minimum absolute atomic E-state index is 0.0159. The Morgan fingerprint density at radius 2 is 2.32 bits per heavy atom. The number of amides is 1. The summed E-state index contributed by atoms with van der Waals surface area (Å²) in [6.07, 6.45) is 2.86. The zero-order valence-electron chi connectivity index (χ0n) is 10.4. The normalized spacial score (nSPS) is 13.2. The van der Waals surface area contributed by atoms with E-state index in [9.17, 15) is 4.79 Å². The number of hydrogen-bond donors (Lipinski definition) is 3. The fraction of sp³-hybridized carbons (Fsp3) is 0.214. The lowest BCUT2D eigenvalue weighted by Crippen LogP contribution is -2.07. The third kappa shape index (κ3) is 2.40. The highest BCUT2D eigenvalue weighted by Gasteiger charge is 2.19. The number of rotatable bonds is 4. The van der Waals surface area contributed by atoms with Gasteiger partial charge in [-0.1, -0.05) is 0 Å². The van der Waals surface area contributed by atoms with Gasteiger partial charge in [-0.25, -0.2) is 0 Å². The van der Waals surface area contributed by atoms with Crippen LogP contribution in [0.4, 0.5) is 17.1 Å². The van der Waals surface area contributed by atoms with Crippen molar-refractivity contribution in [2.24, 2.45) is 0 Å². The van der Waals surface area contributed by atoms with Gasteiger partial charge < -0.3 is 20.8 Å². The van der Waals surface area contributed by atoms with Crippen molar-refractivity contribution in [1.82, 2.24) is 0 Å². The van der Waals surface area contributed by atoms with Gasteiger partial charge in [0.1, 0.15) is 5.76 Å². The Bertz CT molecular complexity index is 605. The first kappa shape index (κ1) is 11.6. The molecular formula is C14H15N3O2. The molecular weight excluding hydrogens is 242 g/mol. The van der Waals surface area contributed by atoms with Gasteiger partial charge >= 0.3 is 0 Å². The molecule has 0 saturated carbocycles. The summed E-state index contributed by atoms with van der Waals surface area (Å²) >= 11 is 0. The average Bonchev–Trinajstić information content (AvgIpc) is 2.98. The Balaban J connectivity index is 1.68. The third-order valence-electron chi connectivity index (χ3n) is 3.17. The van der Waals surface area contributed by atoms with Crippen molar-refractivity contribution in [2.75, 3.05) is 22.9 Å². The minimum Gasteiger partial charge on any atom is -0.469 e. The topological polar surface area (TPSA) is 80.3 Å². The SMILES string of the molecule is Nc1cc2c(cc1NCCc1ccco1)NC(=O)C2. The highest BCUT2D eigenvalue weighted by Crippen LogP contribution is 2.31. The largest absolute Gasteiger partial charge is 0.469 e. The number of fused-ring (bicyclic) bond motifs is 1. The van der Waals surface area contributed by atoms with Crippen LogP contribution in [0.3, 0.4) is 0 Å². The maximum Gasteiger partial charge on any atom is 0.228 e. The molecule has 4 N–H and O–H groups in total. The molecule has 0 radical (unpaired) electrons. The Morgan fingerprint density at radius 1 is 1.42 bits per heavy atom. The number of nitrogens with one attached hydrogen (secondary N) is 2. The van der Waals surface area contributed by atoms with Crippen LogP contribution in [0, 0.1) is 0 Å². The van der Waals surface area contributed by atoms with Crippen LogP contribution in [0.2, 0.25) is 0 Å². The molecule has 0 aliphatic carbocycles. The molecule has 1 aromatic carbocycles. The standard InChI is InChI=1S/C14H15N3O2/c15-11-6-9-7-14(18)17-12(9)8-13(11)16-4-3-10-2-1-5-19-10/h1-2,5-6,8,16H,3-4,7,15H2,(H,17,18). The monoisotopic (exact) mass is 257 g/mol. The second kappa shape index (κ2) is 4.68. The zero-order chi connectivity index (χ0) is 13.2. The van der Waals surface area contributed by atoms with E-state index in [1.165, 1.54) is 0 Å². The van der Waals surface area contributed by atoms with E-state index < -0.39 is 0 Å². The van der Waals surface area contributed by atoms with Gasteiger partial charge in [-0.2, -0.15) is 0 Å². The first-order valence-electron chi connectivity index (χ1n) is 6.21. The van der Waals surface area contributed by atoms with Crippen molar-refractivity contribution >= 4 is 23.0 Å². The van der Waals surface area contributed by atoms with Crippen LogP contribution in [0.15, 0.2) is 34.9 Å². The number of anilines is 3. The maximum atomic E-state index is 11.3. The summed E-state index contributed by atoms with van der Waals surface area (Å²) in [5.74, 6) is 0.947. The molecule has 1 aromatic heterocycles. The second-order valence-corrected chi connectivity index (χ2v) is 4.58. The van der Waals surface area contributed by atoms with Crippen molar-refractivity contribution in [1.29, 1.82) is 0 Å². The van der Waals surface area contributed by atoms with E-state index in [0.717, 1.165) is 35.7 Å². The van der Waals surface area contributed by atoms with E-state index in [-0.39, 0.29) is 5.91 Å². The molecule has 0 unspecified atom stereocenters. The first-order chi connectivity index (χ1) is 9.22. The Kier molecular flexibility index (Phi) is 2.87. The molecule has 3 rings (SSSR count). The predicted molar refractivity (Wildman–Crippen MR) is 74.1 cm³/mol. The number of benzene rings is 1. The smallest absolute Gasteiger partial charge is 0.228 e. The fourth-order valence-corrected chi connectivity index (χ4v) is 2.22. The molecule has 5 nitrogen and oxygen atoms in total. The molecule has 0 saturated heterocycles. The molecule has 1 aliphatic heterocycles. The van der Waals surface area contributed by atoms with E-state index in [1.807, 2.05) is 24.3 Å². The summed E-state index contributed by atoms with van der Waals surface area (Å²) < 4.78 is 5.26. The van der Waals surface area contributed by atoms with Gasteiger partial charge in [0.15, 0.2) is 0 Å². The molecule has 19 heavy (non-hydrogen) atoms. The van der Waals surface area contributed by atoms with Gasteiger partial charge in [0.05, 0.1) is 24.1 Å². The van der Waals surface area contributed by atoms with Crippen LogP contribution in [-0.2, 0) is 17.6 Å². The van der Waals surface area contributed by atoms with Crippen molar-refractivity contribution in [2.45, 2.75) is 12.8 Å². The Labute approximate surface area is 110 Å². The van der Waals surface area contributed by atoms with Crippen molar-refractivity contribution in [3.05, 3.63) is 41.9 Å². The van der Waals surface area contributed by atoms with Crippen LogP contribution >= 0.6 is 0 Å². The van der Waals surface area contributed by atoms with Crippen LogP contribution < -0.4 is 16.4 Å². The summed E-state index contributed by atoms with van der Waals surface area (Å²) in [5.41, 5.74) is 9.28. The number of carbonyl (C=O) groups excluding carboxylic acids is 1. The number of nitrogens with two attached hydrogens (primary N) is 1. The van der Waals surface area contributed by atoms with E-state index in [1.54, 1.807) is 6.26 Å². The number of nitrogen functional groups attached to an aromatic ring is 1. The number of hydrogen-bond acceptors (Lipinski definition) is 4. The molecule has 5 heteroatoms. The molecule has 98 valence electrons. The van der Waals surface area contributed by atoms with Crippen LogP contribution in [0.5, 0.6) is 0 Å². The predicted octanol–water partition coefficient (Wildman–Crippen LogP) is 2.01. The molecule has 0 atom stereocenters. The highest BCUT2D eigenvalue weighted by atomic mass is 16.3. The van der Waals surface area contributed by atoms with Crippen molar-refractivity contribution in [3.63, 3.8) is 0 Å². The highest BCUT2D eigenvalue weighted by molar-refractivity contribution is 6.00. The third-order valence-corrected chi connectivity index (χ3v) is 3.17. The second-order valence-electron chi connectivity index (χ2n) is 4.58. The summed E-state index contributed by atoms with van der Waals surface area (Å²) in [6.45, 7) is 0.727. The van der Waals surface area contributed by atoms with E-state index in [0.29, 0.717) is 12.1 Å². The average molecular weight is 257 g/mol. The van der Waals surface area contributed by atoms with Gasteiger partial charge in [0.25, 0.3) is 0 Å². The first-order valence-corrected chi connectivity index (χ1v) is 6.21. The molecule has 1 amide bonds. The summed E-state index contributed by atoms with van der Waals surface area (Å²) in [7, 11) is 0. The van der Waals surface area contributed by atoms with Crippen LogP contribution in [-0.4, -0.2) is 12.5 Å². The zero-order valence-corrected chi connectivity index (χ0v) is 10.4. The Morgan fingerprint density at radius 3 is 3.11 bits per heavy atom. The molecule has 0 bridgehead atoms. The quantitative estimate of drug-likeness (QED) is 0.732. The molecule has 0 spiro atoms. The number of furan rings is 1. The summed E-state index contributed by atoms with van der Waals surface area (Å²) in [5, 5.41) is 6.08. The summed E-state index contributed by atoms with van der Waals surface area (Å²) in [6, 6.07) is 7.54. The minimum atomic E-state index is 0.0159. The van der Waals surface area contributed by atoms with E-state index in [4.69, 9.17) is 10.2 Å².